The Morgan fingerprint density at radius 1 is 1.33 bits per heavy atom. The average molecular weight is 260 g/mol. The fourth-order valence-corrected chi connectivity index (χ4v) is 2.75. The molecule has 1 aliphatic rings. The maximum absolute atomic E-state index is 11.3. The largest absolute Gasteiger partial charge is 0.398 e. The molecule has 1 aromatic heterocycles. The van der Waals surface area contributed by atoms with E-state index < -0.39 is 0 Å². The zero-order chi connectivity index (χ0) is 12.5. The molecular weight excluding hydrogens is 248 g/mol. The van der Waals surface area contributed by atoms with Crippen LogP contribution < -0.4 is 11.1 Å². The Morgan fingerprint density at radius 2 is 2.22 bits per heavy atom. The highest BCUT2D eigenvalue weighted by Crippen LogP contribution is 2.35. The first-order valence-corrected chi connectivity index (χ1v) is 6.43. The lowest BCUT2D eigenvalue weighted by molar-refractivity contribution is -0.116. The summed E-state index contributed by atoms with van der Waals surface area (Å²) in [4.78, 5) is 19.4. The van der Waals surface area contributed by atoms with Crippen LogP contribution in [0.5, 0.6) is 0 Å². The number of hydrogen-bond acceptors (Lipinski definition) is 4. The number of rotatable bonds is 2. The number of nitrogens with zero attached hydrogens (tertiary/aromatic N) is 1. The van der Waals surface area contributed by atoms with Crippen LogP contribution >= 0.6 is 11.8 Å². The van der Waals surface area contributed by atoms with Crippen molar-refractivity contribution in [2.75, 3.05) is 11.1 Å². The molecule has 0 unspecified atom stereocenters. The number of H-pyrrole nitrogens is 1. The van der Waals surface area contributed by atoms with Crippen molar-refractivity contribution < 1.29 is 4.79 Å². The molecule has 0 radical (unpaired) electrons. The summed E-state index contributed by atoms with van der Waals surface area (Å²) in [6.45, 7) is 0. The van der Waals surface area contributed by atoms with E-state index in [4.69, 9.17) is 5.73 Å². The number of fused-ring (bicyclic) bond motifs is 1. The maximum atomic E-state index is 11.3. The Labute approximate surface area is 108 Å². The fraction of sp³-hybridized carbons (Fsp3) is 0.167. The van der Waals surface area contributed by atoms with Gasteiger partial charge >= 0.3 is 0 Å². The zero-order valence-corrected chi connectivity index (χ0v) is 10.4. The van der Waals surface area contributed by atoms with Crippen LogP contribution in [0.4, 0.5) is 11.4 Å². The second-order valence-electron chi connectivity index (χ2n) is 4.09. The summed E-state index contributed by atoms with van der Waals surface area (Å²) < 4.78 is 0. The van der Waals surface area contributed by atoms with Crippen molar-refractivity contribution in [2.45, 2.75) is 22.9 Å². The first kappa shape index (κ1) is 11.2. The van der Waals surface area contributed by atoms with Crippen molar-refractivity contribution in [1.29, 1.82) is 0 Å². The summed E-state index contributed by atoms with van der Waals surface area (Å²) in [5, 5.41) is 3.64. The van der Waals surface area contributed by atoms with Gasteiger partial charge < -0.3 is 16.0 Å². The molecule has 0 spiro atoms. The number of benzene rings is 1. The first-order chi connectivity index (χ1) is 8.72. The predicted molar refractivity (Wildman–Crippen MR) is 70.5 cm³/mol. The Hall–Kier alpha value is -1.95. The van der Waals surface area contributed by atoms with Gasteiger partial charge in [-0.15, -0.1) is 0 Å². The molecule has 2 aromatic rings. The van der Waals surface area contributed by atoms with Crippen molar-refractivity contribution >= 4 is 29.0 Å². The number of carbonyl (C=O) groups excluding carboxylic acids is 1. The van der Waals surface area contributed by atoms with Crippen LogP contribution in [0.15, 0.2) is 34.6 Å². The molecule has 1 aromatic carbocycles. The summed E-state index contributed by atoms with van der Waals surface area (Å²) in [5.74, 6) is 0.0494. The van der Waals surface area contributed by atoms with Crippen LogP contribution in [0, 0.1) is 0 Å². The average Bonchev–Trinajstić information content (AvgIpc) is 2.83. The van der Waals surface area contributed by atoms with Gasteiger partial charge in [0.05, 0.1) is 0 Å². The first-order valence-electron chi connectivity index (χ1n) is 5.62. The Morgan fingerprint density at radius 3 is 3.00 bits per heavy atom. The number of anilines is 2. The summed E-state index contributed by atoms with van der Waals surface area (Å²) >= 11 is 1.49. The summed E-state index contributed by atoms with van der Waals surface area (Å²) in [6, 6.07) is 3.84. The molecule has 0 fully saturated rings. The van der Waals surface area contributed by atoms with Crippen molar-refractivity contribution in [3.63, 3.8) is 0 Å². The molecule has 18 heavy (non-hydrogen) atoms. The zero-order valence-electron chi connectivity index (χ0n) is 9.56. The number of amides is 1. The number of aromatic nitrogens is 2. The summed E-state index contributed by atoms with van der Waals surface area (Å²) in [6.07, 6.45) is 4.77. The molecule has 0 saturated heterocycles. The van der Waals surface area contributed by atoms with Gasteiger partial charge in [-0.3, -0.25) is 4.79 Å². The molecule has 0 atom stereocenters. The van der Waals surface area contributed by atoms with E-state index in [2.05, 4.69) is 15.3 Å². The Kier molecular flexibility index (Phi) is 2.71. The number of aromatic amines is 1. The van der Waals surface area contributed by atoms with E-state index in [0.717, 1.165) is 27.7 Å². The number of hydrogen-bond donors (Lipinski definition) is 3. The van der Waals surface area contributed by atoms with Crippen molar-refractivity contribution in [3.8, 4) is 0 Å². The fourth-order valence-electron chi connectivity index (χ4n) is 1.92. The minimum atomic E-state index is 0.0494. The van der Waals surface area contributed by atoms with Gasteiger partial charge in [-0.1, -0.05) is 0 Å². The lowest BCUT2D eigenvalue weighted by Gasteiger charge is -2.18. The SMILES string of the molecule is Nc1cc2c(cc1Sc1ncc[nH]1)CCC(=O)N2. The number of imidazole rings is 1. The lowest BCUT2D eigenvalue weighted by Crippen LogP contribution is -2.19. The highest BCUT2D eigenvalue weighted by molar-refractivity contribution is 7.99. The Balaban J connectivity index is 1.94. The molecule has 6 heteroatoms. The van der Waals surface area contributed by atoms with E-state index in [0.29, 0.717) is 12.1 Å². The van der Waals surface area contributed by atoms with Crippen LogP contribution in [0.2, 0.25) is 0 Å². The topological polar surface area (TPSA) is 83.8 Å². The quantitative estimate of drug-likeness (QED) is 0.721. The highest BCUT2D eigenvalue weighted by atomic mass is 32.2. The van der Waals surface area contributed by atoms with Crippen molar-refractivity contribution in [1.82, 2.24) is 9.97 Å². The van der Waals surface area contributed by atoms with E-state index in [1.807, 2.05) is 12.1 Å². The molecule has 0 bridgehead atoms. The summed E-state index contributed by atoms with van der Waals surface area (Å²) in [5.41, 5.74) is 8.59. The molecule has 1 aliphatic heterocycles. The molecule has 92 valence electrons. The van der Waals surface area contributed by atoms with Gasteiger partial charge in [0.25, 0.3) is 0 Å². The molecule has 2 heterocycles. The van der Waals surface area contributed by atoms with Crippen LogP contribution in [0.25, 0.3) is 0 Å². The molecule has 5 nitrogen and oxygen atoms in total. The Bertz CT molecular complexity index is 594. The number of nitrogens with one attached hydrogen (secondary N) is 2. The number of nitrogens with two attached hydrogens (primary N) is 1. The standard InChI is InChI=1S/C12H12N4OS/c13-8-6-9-7(1-2-11(17)16-9)5-10(8)18-12-14-3-4-15-12/h3-6H,1-2,13H2,(H,14,15)(H,16,17). The normalized spacial score (nSPS) is 14.1. The van der Waals surface area contributed by atoms with E-state index >= 15 is 0 Å². The van der Waals surface area contributed by atoms with E-state index in [1.54, 1.807) is 12.4 Å². The van der Waals surface area contributed by atoms with Crippen LogP contribution in [-0.4, -0.2) is 15.9 Å². The molecule has 4 N–H and O–H groups in total. The van der Waals surface area contributed by atoms with Crippen molar-refractivity contribution in [3.05, 3.63) is 30.1 Å². The van der Waals surface area contributed by atoms with Crippen molar-refractivity contribution in [2.24, 2.45) is 0 Å². The predicted octanol–water partition coefficient (Wildman–Crippen LogP) is 2.03. The molecule has 1 amide bonds. The number of carbonyl (C=O) groups is 1. The second-order valence-corrected chi connectivity index (χ2v) is 5.12. The van der Waals surface area contributed by atoms with Gasteiger partial charge in [-0.05, 0) is 35.9 Å². The van der Waals surface area contributed by atoms with Crippen LogP contribution in [0.3, 0.4) is 0 Å². The lowest BCUT2D eigenvalue weighted by atomic mass is 10.0. The summed E-state index contributed by atoms with van der Waals surface area (Å²) in [7, 11) is 0. The molecular formula is C12H12N4OS. The van der Waals surface area contributed by atoms with E-state index in [-0.39, 0.29) is 5.91 Å². The smallest absolute Gasteiger partial charge is 0.224 e. The van der Waals surface area contributed by atoms with Gasteiger partial charge in [0, 0.05) is 35.1 Å². The number of nitrogen functional groups attached to an aromatic ring is 1. The third-order valence-corrected chi connectivity index (χ3v) is 3.80. The van der Waals surface area contributed by atoms with Crippen LogP contribution in [-0.2, 0) is 11.2 Å². The van der Waals surface area contributed by atoms with Gasteiger partial charge in [0.1, 0.15) is 0 Å². The monoisotopic (exact) mass is 260 g/mol. The third kappa shape index (κ3) is 2.06. The number of aryl methyl sites for hydroxylation is 1. The van der Waals surface area contributed by atoms with Gasteiger partial charge in [-0.2, -0.15) is 0 Å². The van der Waals surface area contributed by atoms with Gasteiger partial charge in [-0.25, -0.2) is 4.98 Å². The maximum Gasteiger partial charge on any atom is 0.224 e. The van der Waals surface area contributed by atoms with Gasteiger partial charge in [0.15, 0.2) is 5.16 Å². The van der Waals surface area contributed by atoms with E-state index in [1.165, 1.54) is 11.8 Å². The molecule has 0 saturated carbocycles. The second kappa shape index (κ2) is 4.38. The van der Waals surface area contributed by atoms with E-state index in [9.17, 15) is 4.79 Å². The third-order valence-electron chi connectivity index (χ3n) is 2.81. The highest BCUT2D eigenvalue weighted by Gasteiger charge is 2.17. The molecule has 0 aliphatic carbocycles. The van der Waals surface area contributed by atoms with Gasteiger partial charge in [0.2, 0.25) is 5.91 Å². The van der Waals surface area contributed by atoms with Crippen LogP contribution in [0.1, 0.15) is 12.0 Å². The minimum Gasteiger partial charge on any atom is -0.398 e. The molecule has 3 rings (SSSR count). The minimum absolute atomic E-state index is 0.0494.